The van der Waals surface area contributed by atoms with Crippen molar-refractivity contribution < 1.29 is 31.5 Å². The molecule has 1 atom stereocenters. The van der Waals surface area contributed by atoms with Crippen molar-refractivity contribution in [3.8, 4) is 0 Å². The SMILES string of the molecule is CC(=O)O.CCC1CCc2ccc(S(=O)(=O)N3CCN(c4ccc(C(F)(F)F)cn4)CC3)cc21. The van der Waals surface area contributed by atoms with Crippen molar-refractivity contribution in [1.29, 1.82) is 0 Å². The van der Waals surface area contributed by atoms with Crippen molar-refractivity contribution in [1.82, 2.24) is 9.29 Å². The highest BCUT2D eigenvalue weighted by Gasteiger charge is 2.33. The third-order valence-corrected chi connectivity index (χ3v) is 7.98. The Kier molecular flexibility index (Phi) is 7.87. The first-order valence-corrected chi connectivity index (χ1v) is 12.5. The van der Waals surface area contributed by atoms with Gasteiger partial charge in [-0.15, -0.1) is 0 Å². The molecule has 1 fully saturated rings. The lowest BCUT2D eigenvalue weighted by atomic mass is 9.99. The molecule has 34 heavy (non-hydrogen) atoms. The number of fused-ring (bicyclic) bond motifs is 1. The Morgan fingerprint density at radius 2 is 1.79 bits per heavy atom. The molecule has 0 bridgehead atoms. The van der Waals surface area contributed by atoms with Gasteiger partial charge in [0, 0.05) is 39.3 Å². The van der Waals surface area contributed by atoms with Gasteiger partial charge in [-0.2, -0.15) is 17.5 Å². The molecule has 1 N–H and O–H groups in total. The lowest BCUT2D eigenvalue weighted by Crippen LogP contribution is -2.48. The number of alkyl halides is 3. The first-order chi connectivity index (χ1) is 15.9. The summed E-state index contributed by atoms with van der Waals surface area (Å²) in [6.45, 7) is 4.48. The summed E-state index contributed by atoms with van der Waals surface area (Å²) in [5.41, 5.74) is 1.58. The van der Waals surface area contributed by atoms with Crippen LogP contribution in [0.15, 0.2) is 41.4 Å². The molecule has 1 aromatic carbocycles. The van der Waals surface area contributed by atoms with Crippen LogP contribution in [-0.2, 0) is 27.4 Å². The van der Waals surface area contributed by atoms with Gasteiger partial charge >= 0.3 is 6.18 Å². The number of carbonyl (C=O) groups is 1. The molecule has 7 nitrogen and oxygen atoms in total. The topological polar surface area (TPSA) is 90.8 Å². The molecule has 1 aromatic heterocycles. The normalized spacial score (nSPS) is 18.7. The molecule has 0 saturated carbocycles. The Morgan fingerprint density at radius 1 is 1.15 bits per heavy atom. The molecule has 1 unspecified atom stereocenters. The molecular formula is C23H28F3N3O4S. The van der Waals surface area contributed by atoms with Gasteiger partial charge in [-0.25, -0.2) is 13.4 Å². The number of aryl methyl sites for hydroxylation is 1. The molecular weight excluding hydrogens is 471 g/mol. The van der Waals surface area contributed by atoms with Gasteiger partial charge in [0.15, 0.2) is 0 Å². The number of halogens is 3. The van der Waals surface area contributed by atoms with Crippen molar-refractivity contribution in [2.24, 2.45) is 0 Å². The average Bonchev–Trinajstić information content (AvgIpc) is 3.21. The van der Waals surface area contributed by atoms with Gasteiger partial charge in [-0.05, 0) is 60.6 Å². The second kappa shape index (κ2) is 10.3. The Balaban J connectivity index is 0.000000751. The van der Waals surface area contributed by atoms with Crippen molar-refractivity contribution in [2.45, 2.75) is 50.1 Å². The summed E-state index contributed by atoms with van der Waals surface area (Å²) in [7, 11) is -3.61. The zero-order valence-corrected chi connectivity index (χ0v) is 19.9. The standard InChI is InChI=1S/C21H24F3N3O2S.C2H4O2/c1-2-15-3-4-16-5-7-18(13-19(15)16)30(28,29)27-11-9-26(10-12-27)20-8-6-17(14-25-20)21(22,23)24;1-2(3)4/h5-8,13-15H,2-4,9-12H2,1H3;1H3,(H,3,4). The van der Waals surface area contributed by atoms with Gasteiger partial charge in [0.05, 0.1) is 10.5 Å². The fraction of sp³-hybridized carbons (Fsp3) is 0.478. The largest absolute Gasteiger partial charge is 0.481 e. The third kappa shape index (κ3) is 5.87. The summed E-state index contributed by atoms with van der Waals surface area (Å²) in [5, 5.41) is 7.42. The monoisotopic (exact) mass is 499 g/mol. The molecule has 1 aliphatic carbocycles. The van der Waals surface area contributed by atoms with Crippen LogP contribution in [0.1, 0.15) is 49.3 Å². The predicted octanol–water partition coefficient (Wildman–Crippen LogP) is 4.14. The van der Waals surface area contributed by atoms with E-state index in [4.69, 9.17) is 9.90 Å². The van der Waals surface area contributed by atoms with Gasteiger partial charge in [0.25, 0.3) is 5.97 Å². The van der Waals surface area contributed by atoms with Crippen LogP contribution in [0.3, 0.4) is 0 Å². The number of pyridine rings is 1. The van der Waals surface area contributed by atoms with Crippen molar-refractivity contribution in [3.05, 3.63) is 53.2 Å². The Bertz CT molecular complexity index is 1110. The molecule has 186 valence electrons. The number of carboxylic acid groups (broad SMARTS) is 1. The molecule has 11 heteroatoms. The molecule has 0 amide bonds. The third-order valence-electron chi connectivity index (χ3n) is 6.09. The number of nitrogens with zero attached hydrogens (tertiary/aromatic N) is 3. The van der Waals surface area contributed by atoms with E-state index in [1.807, 2.05) is 17.0 Å². The first kappa shape index (κ1) is 26.0. The minimum absolute atomic E-state index is 0.263. The van der Waals surface area contributed by atoms with Crippen LogP contribution in [0.25, 0.3) is 0 Å². The molecule has 2 aliphatic rings. The van der Waals surface area contributed by atoms with Gasteiger partial charge in [-0.3, -0.25) is 4.79 Å². The van der Waals surface area contributed by atoms with E-state index in [9.17, 15) is 21.6 Å². The highest BCUT2D eigenvalue weighted by atomic mass is 32.2. The van der Waals surface area contributed by atoms with E-state index < -0.39 is 27.7 Å². The maximum atomic E-state index is 13.1. The summed E-state index contributed by atoms with van der Waals surface area (Å²) in [6.07, 6.45) is -0.561. The Hall–Kier alpha value is -2.66. The summed E-state index contributed by atoms with van der Waals surface area (Å²) in [6, 6.07) is 7.78. The highest BCUT2D eigenvalue weighted by molar-refractivity contribution is 7.89. The number of rotatable bonds is 4. The molecule has 0 spiro atoms. The number of piperazine rings is 1. The molecule has 4 rings (SSSR count). The van der Waals surface area contributed by atoms with E-state index >= 15 is 0 Å². The highest BCUT2D eigenvalue weighted by Crippen LogP contribution is 2.37. The van der Waals surface area contributed by atoms with Gasteiger partial charge in [-0.1, -0.05) is 13.0 Å². The second-order valence-corrected chi connectivity index (χ2v) is 10.3. The number of hydrogen-bond acceptors (Lipinski definition) is 5. The maximum Gasteiger partial charge on any atom is 0.417 e. The smallest absolute Gasteiger partial charge is 0.417 e. The quantitative estimate of drug-likeness (QED) is 0.680. The van der Waals surface area contributed by atoms with Crippen LogP contribution in [0.4, 0.5) is 19.0 Å². The average molecular weight is 500 g/mol. The van der Waals surface area contributed by atoms with E-state index in [1.54, 1.807) is 6.07 Å². The van der Waals surface area contributed by atoms with Crippen LogP contribution in [0, 0.1) is 0 Å². The zero-order valence-electron chi connectivity index (χ0n) is 19.0. The number of anilines is 1. The van der Waals surface area contributed by atoms with Crippen LogP contribution in [-0.4, -0.2) is 55.0 Å². The van der Waals surface area contributed by atoms with E-state index in [1.165, 1.54) is 15.9 Å². The Morgan fingerprint density at radius 3 is 2.32 bits per heavy atom. The number of aliphatic carboxylic acids is 1. The van der Waals surface area contributed by atoms with Crippen LogP contribution < -0.4 is 4.90 Å². The van der Waals surface area contributed by atoms with Gasteiger partial charge < -0.3 is 10.0 Å². The molecule has 1 aliphatic heterocycles. The number of sulfonamides is 1. The molecule has 2 aromatic rings. The number of aromatic nitrogens is 1. The first-order valence-electron chi connectivity index (χ1n) is 11.0. The van der Waals surface area contributed by atoms with E-state index in [2.05, 4.69) is 11.9 Å². The number of benzene rings is 1. The Labute approximate surface area is 197 Å². The summed E-state index contributed by atoms with van der Waals surface area (Å²) < 4.78 is 65.9. The van der Waals surface area contributed by atoms with Crippen molar-refractivity contribution in [2.75, 3.05) is 31.1 Å². The number of carboxylic acids is 1. The van der Waals surface area contributed by atoms with Crippen LogP contribution in [0.5, 0.6) is 0 Å². The van der Waals surface area contributed by atoms with Crippen molar-refractivity contribution >= 4 is 21.8 Å². The summed E-state index contributed by atoms with van der Waals surface area (Å²) in [5.74, 6) is 0.00103. The van der Waals surface area contributed by atoms with Crippen LogP contribution >= 0.6 is 0 Å². The lowest BCUT2D eigenvalue weighted by Gasteiger charge is -2.34. The minimum atomic E-state index is -4.43. The van der Waals surface area contributed by atoms with E-state index in [0.717, 1.165) is 44.0 Å². The second-order valence-electron chi connectivity index (χ2n) is 8.32. The van der Waals surface area contributed by atoms with E-state index in [0.29, 0.717) is 29.7 Å². The van der Waals surface area contributed by atoms with Gasteiger partial charge in [0.2, 0.25) is 10.0 Å². The molecule has 1 saturated heterocycles. The van der Waals surface area contributed by atoms with E-state index in [-0.39, 0.29) is 13.1 Å². The minimum Gasteiger partial charge on any atom is -0.481 e. The fourth-order valence-electron chi connectivity index (χ4n) is 4.30. The summed E-state index contributed by atoms with van der Waals surface area (Å²) >= 11 is 0. The van der Waals surface area contributed by atoms with Crippen LogP contribution in [0.2, 0.25) is 0 Å². The fourth-order valence-corrected chi connectivity index (χ4v) is 5.76. The molecule has 2 heterocycles. The number of hydrogen-bond donors (Lipinski definition) is 1. The predicted molar refractivity (Wildman–Crippen MR) is 121 cm³/mol. The van der Waals surface area contributed by atoms with Crippen molar-refractivity contribution in [3.63, 3.8) is 0 Å². The summed E-state index contributed by atoms with van der Waals surface area (Å²) in [4.78, 5) is 15.0. The molecule has 0 radical (unpaired) electrons. The zero-order chi connectivity index (χ0) is 25.1. The maximum absolute atomic E-state index is 13.1. The lowest BCUT2D eigenvalue weighted by molar-refractivity contribution is -0.138. The van der Waals surface area contributed by atoms with Gasteiger partial charge in [0.1, 0.15) is 5.82 Å².